The minimum Gasteiger partial charge on any atom is -0.348 e. The highest BCUT2D eigenvalue weighted by molar-refractivity contribution is 5.99. The number of amides is 1. The summed E-state index contributed by atoms with van der Waals surface area (Å²) in [6, 6.07) is 6.17. The van der Waals surface area contributed by atoms with E-state index in [9.17, 15) is 9.18 Å². The average molecular weight is 345 g/mol. The van der Waals surface area contributed by atoms with E-state index in [1.165, 1.54) is 6.07 Å². The summed E-state index contributed by atoms with van der Waals surface area (Å²) in [6.07, 6.45) is 2.52. The molecule has 3 rings (SSSR count). The van der Waals surface area contributed by atoms with Gasteiger partial charge in [0.1, 0.15) is 5.82 Å². The van der Waals surface area contributed by atoms with Crippen LogP contribution in [0.25, 0.3) is 0 Å². The molecule has 7 heteroatoms. The Morgan fingerprint density at radius 1 is 1.28 bits per heavy atom. The largest absolute Gasteiger partial charge is 0.348 e. The fourth-order valence-electron chi connectivity index (χ4n) is 3.35. The van der Waals surface area contributed by atoms with Gasteiger partial charge in [0.05, 0.1) is 23.6 Å². The number of carbonyl (C=O) groups is 1. The molecule has 0 bridgehead atoms. The standard InChI is InChI=1S/C18H24FN5O/c1-21(2)18-20-11-13(23(18)4)12-22(3)16-9-10-24(17(16)25)15-8-6-5-7-14(15)19/h5-8,11,16H,9-10,12H2,1-4H3. The molecule has 2 heterocycles. The Labute approximate surface area is 147 Å². The molecule has 0 radical (unpaired) electrons. The molecule has 0 aliphatic carbocycles. The van der Waals surface area contributed by atoms with E-state index in [-0.39, 0.29) is 17.8 Å². The van der Waals surface area contributed by atoms with Gasteiger partial charge in [-0.05, 0) is 25.6 Å². The predicted molar refractivity (Wildman–Crippen MR) is 96.2 cm³/mol. The second-order valence-electron chi connectivity index (χ2n) is 6.66. The van der Waals surface area contributed by atoms with Gasteiger partial charge in [0.2, 0.25) is 11.9 Å². The van der Waals surface area contributed by atoms with Gasteiger partial charge in [-0.25, -0.2) is 9.37 Å². The first kappa shape index (κ1) is 17.4. The van der Waals surface area contributed by atoms with Crippen LogP contribution in [0.5, 0.6) is 0 Å². The first-order valence-corrected chi connectivity index (χ1v) is 8.34. The second-order valence-corrected chi connectivity index (χ2v) is 6.66. The summed E-state index contributed by atoms with van der Waals surface area (Å²) in [6.45, 7) is 1.14. The highest BCUT2D eigenvalue weighted by Gasteiger charge is 2.36. The van der Waals surface area contributed by atoms with Crippen LogP contribution in [0.2, 0.25) is 0 Å². The van der Waals surface area contributed by atoms with Gasteiger partial charge in [0.25, 0.3) is 0 Å². The number of likely N-dealkylation sites (N-methyl/N-ethyl adjacent to an activating group) is 1. The highest BCUT2D eigenvalue weighted by atomic mass is 19.1. The summed E-state index contributed by atoms with van der Waals surface area (Å²) in [7, 11) is 7.79. The van der Waals surface area contributed by atoms with Gasteiger partial charge < -0.3 is 14.4 Å². The maximum Gasteiger partial charge on any atom is 0.244 e. The fourth-order valence-corrected chi connectivity index (χ4v) is 3.35. The van der Waals surface area contributed by atoms with Gasteiger partial charge >= 0.3 is 0 Å². The van der Waals surface area contributed by atoms with Crippen molar-refractivity contribution in [3.63, 3.8) is 0 Å². The normalized spacial score (nSPS) is 17.6. The van der Waals surface area contributed by atoms with Gasteiger partial charge in [-0.1, -0.05) is 12.1 Å². The molecule has 2 aromatic rings. The molecule has 1 amide bonds. The lowest BCUT2D eigenvalue weighted by Crippen LogP contribution is -2.39. The molecule has 1 aliphatic rings. The summed E-state index contributed by atoms with van der Waals surface area (Å²) in [5.41, 5.74) is 1.39. The number of aromatic nitrogens is 2. The number of halogens is 1. The second kappa shape index (κ2) is 6.84. The average Bonchev–Trinajstić information content (AvgIpc) is 3.12. The molecule has 1 unspecified atom stereocenters. The molecule has 6 nitrogen and oxygen atoms in total. The van der Waals surface area contributed by atoms with E-state index in [1.807, 2.05) is 48.8 Å². The molecule has 1 fully saturated rings. The van der Waals surface area contributed by atoms with E-state index in [0.29, 0.717) is 25.2 Å². The van der Waals surface area contributed by atoms with E-state index in [2.05, 4.69) is 4.98 Å². The summed E-state index contributed by atoms with van der Waals surface area (Å²) < 4.78 is 16.0. The maximum atomic E-state index is 14.0. The third-order valence-electron chi connectivity index (χ3n) is 4.72. The van der Waals surface area contributed by atoms with Crippen LogP contribution in [0.4, 0.5) is 16.0 Å². The lowest BCUT2D eigenvalue weighted by atomic mass is 10.2. The molecule has 134 valence electrons. The number of rotatable bonds is 5. The smallest absolute Gasteiger partial charge is 0.244 e. The number of carbonyl (C=O) groups excluding carboxylic acids is 1. The summed E-state index contributed by atoms with van der Waals surface area (Å²) >= 11 is 0. The van der Waals surface area contributed by atoms with Crippen LogP contribution in [-0.4, -0.2) is 54.1 Å². The molecule has 0 saturated carbocycles. The van der Waals surface area contributed by atoms with Gasteiger partial charge in [0.15, 0.2) is 0 Å². The lowest BCUT2D eigenvalue weighted by molar-refractivity contribution is -0.121. The summed E-state index contributed by atoms with van der Waals surface area (Å²) in [5, 5.41) is 0. The van der Waals surface area contributed by atoms with Crippen molar-refractivity contribution in [1.29, 1.82) is 0 Å². The first-order valence-electron chi connectivity index (χ1n) is 8.34. The molecular formula is C18H24FN5O. The minimum absolute atomic E-state index is 0.0531. The Hall–Kier alpha value is -2.41. The Kier molecular flexibility index (Phi) is 4.76. The highest BCUT2D eigenvalue weighted by Crippen LogP contribution is 2.27. The Bertz CT molecular complexity index is 773. The Balaban J connectivity index is 1.73. The maximum absolute atomic E-state index is 14.0. The number of hydrogen-bond acceptors (Lipinski definition) is 4. The number of anilines is 2. The zero-order chi connectivity index (χ0) is 18.1. The van der Waals surface area contributed by atoms with Crippen molar-refractivity contribution in [3.8, 4) is 0 Å². The van der Waals surface area contributed by atoms with Crippen molar-refractivity contribution in [2.24, 2.45) is 7.05 Å². The van der Waals surface area contributed by atoms with E-state index >= 15 is 0 Å². The minimum atomic E-state index is -0.360. The number of hydrogen-bond donors (Lipinski definition) is 0. The molecule has 0 spiro atoms. The summed E-state index contributed by atoms with van der Waals surface area (Å²) in [4.78, 5) is 22.7. The lowest BCUT2D eigenvalue weighted by Gasteiger charge is -2.24. The van der Waals surface area contributed by atoms with Gasteiger partial charge in [-0.2, -0.15) is 0 Å². The zero-order valence-electron chi connectivity index (χ0n) is 15.1. The zero-order valence-corrected chi connectivity index (χ0v) is 15.1. The molecular weight excluding hydrogens is 321 g/mol. The third-order valence-corrected chi connectivity index (χ3v) is 4.72. The molecule has 0 N–H and O–H groups in total. The third kappa shape index (κ3) is 3.24. The quantitative estimate of drug-likeness (QED) is 0.830. The van der Waals surface area contributed by atoms with Gasteiger partial charge in [-0.3, -0.25) is 9.69 Å². The summed E-state index contributed by atoms with van der Waals surface area (Å²) in [5.74, 6) is 0.457. The number of benzene rings is 1. The first-order chi connectivity index (χ1) is 11.9. The van der Waals surface area contributed by atoms with E-state index < -0.39 is 0 Å². The van der Waals surface area contributed by atoms with Crippen molar-refractivity contribution in [2.45, 2.75) is 19.0 Å². The molecule has 1 aromatic heterocycles. The van der Waals surface area contributed by atoms with Gasteiger partial charge in [0, 0.05) is 34.2 Å². The Morgan fingerprint density at radius 2 is 2.00 bits per heavy atom. The molecule has 1 aromatic carbocycles. The predicted octanol–water partition coefficient (Wildman–Crippen LogP) is 1.86. The topological polar surface area (TPSA) is 44.6 Å². The van der Waals surface area contributed by atoms with Crippen LogP contribution >= 0.6 is 0 Å². The number of nitrogens with zero attached hydrogens (tertiary/aromatic N) is 5. The van der Waals surface area contributed by atoms with Crippen molar-refractivity contribution in [3.05, 3.63) is 42.0 Å². The van der Waals surface area contributed by atoms with Crippen LogP contribution in [0, 0.1) is 5.82 Å². The fraction of sp³-hybridized carbons (Fsp3) is 0.444. The van der Waals surface area contributed by atoms with Crippen molar-refractivity contribution in [1.82, 2.24) is 14.5 Å². The SMILES string of the molecule is CN(C)c1ncc(CN(C)C2CCN(c3ccccc3F)C2=O)n1C. The number of imidazole rings is 1. The molecule has 1 aliphatic heterocycles. The molecule has 25 heavy (non-hydrogen) atoms. The van der Waals surface area contributed by atoms with Crippen molar-refractivity contribution in [2.75, 3.05) is 37.5 Å². The van der Waals surface area contributed by atoms with E-state index in [4.69, 9.17) is 0 Å². The molecule has 1 saturated heterocycles. The van der Waals surface area contributed by atoms with Crippen molar-refractivity contribution < 1.29 is 9.18 Å². The Morgan fingerprint density at radius 3 is 2.64 bits per heavy atom. The van der Waals surface area contributed by atoms with Crippen LogP contribution < -0.4 is 9.80 Å². The molecule has 1 atom stereocenters. The van der Waals surface area contributed by atoms with E-state index in [1.54, 1.807) is 23.1 Å². The van der Waals surface area contributed by atoms with E-state index in [0.717, 1.165) is 11.6 Å². The number of para-hydroxylation sites is 1. The van der Waals surface area contributed by atoms with Gasteiger partial charge in [-0.15, -0.1) is 0 Å². The monoisotopic (exact) mass is 345 g/mol. The van der Waals surface area contributed by atoms with Crippen LogP contribution in [0.1, 0.15) is 12.1 Å². The van der Waals surface area contributed by atoms with Crippen molar-refractivity contribution >= 4 is 17.5 Å². The van der Waals surface area contributed by atoms with Crippen LogP contribution in [-0.2, 0) is 18.4 Å². The van der Waals surface area contributed by atoms with Crippen LogP contribution in [0.15, 0.2) is 30.5 Å². The van der Waals surface area contributed by atoms with Crippen LogP contribution in [0.3, 0.4) is 0 Å².